The van der Waals surface area contributed by atoms with Gasteiger partial charge in [-0.15, -0.1) is 17.9 Å². The molecule has 136 valence electrons. The second-order valence-corrected chi connectivity index (χ2v) is 6.74. The Morgan fingerprint density at radius 1 is 1.44 bits per heavy atom. The topological polar surface area (TPSA) is 70.7 Å². The van der Waals surface area contributed by atoms with Crippen LogP contribution >= 0.6 is 11.3 Å². The molecular weight excluding hydrogens is 338 g/mol. The van der Waals surface area contributed by atoms with E-state index in [2.05, 4.69) is 28.2 Å². The molecule has 1 atom stereocenters. The summed E-state index contributed by atoms with van der Waals surface area (Å²) in [7, 11) is 0. The Balaban J connectivity index is 2.28. The first-order valence-corrected chi connectivity index (χ1v) is 9.30. The van der Waals surface area contributed by atoms with Crippen molar-refractivity contribution in [3.8, 4) is 0 Å². The summed E-state index contributed by atoms with van der Waals surface area (Å²) in [4.78, 5) is 27.8. The summed E-state index contributed by atoms with van der Waals surface area (Å²) >= 11 is 1.68. The van der Waals surface area contributed by atoms with Crippen LogP contribution in [-0.2, 0) is 16.1 Å². The highest BCUT2D eigenvalue weighted by molar-refractivity contribution is 7.09. The molecule has 1 aliphatic heterocycles. The second-order valence-electron chi connectivity index (χ2n) is 5.71. The van der Waals surface area contributed by atoms with Crippen LogP contribution in [0.2, 0.25) is 0 Å². The molecule has 2 amide bonds. The zero-order valence-electron chi connectivity index (χ0n) is 14.7. The minimum atomic E-state index is -0.383. The highest BCUT2D eigenvalue weighted by Crippen LogP contribution is 2.19. The van der Waals surface area contributed by atoms with E-state index in [1.807, 2.05) is 24.4 Å². The normalized spacial score (nSPS) is 17.2. The largest absolute Gasteiger partial charge is 0.463 e. The molecule has 0 saturated heterocycles. The number of nitrogens with one attached hydrogen (secondary N) is 2. The number of nitrogens with zero attached hydrogens (tertiary/aromatic N) is 1. The van der Waals surface area contributed by atoms with E-state index >= 15 is 0 Å². The molecule has 0 aliphatic carbocycles. The van der Waals surface area contributed by atoms with Gasteiger partial charge in [-0.05, 0) is 24.8 Å². The zero-order valence-corrected chi connectivity index (χ0v) is 15.5. The fourth-order valence-electron chi connectivity index (χ4n) is 2.80. The molecule has 25 heavy (non-hydrogen) atoms. The van der Waals surface area contributed by atoms with E-state index in [9.17, 15) is 9.59 Å². The van der Waals surface area contributed by atoms with Crippen LogP contribution in [-0.4, -0.2) is 42.6 Å². The maximum absolute atomic E-state index is 12.4. The molecule has 0 saturated carbocycles. The third-order valence-electron chi connectivity index (χ3n) is 3.88. The Morgan fingerprint density at radius 2 is 2.24 bits per heavy atom. The summed E-state index contributed by atoms with van der Waals surface area (Å²) in [6.45, 7) is 9.63. The number of rotatable bonds is 9. The van der Waals surface area contributed by atoms with E-state index in [1.54, 1.807) is 18.3 Å². The van der Waals surface area contributed by atoms with E-state index in [1.165, 1.54) is 4.88 Å². The Labute approximate surface area is 152 Å². The molecule has 0 radical (unpaired) electrons. The van der Waals surface area contributed by atoms with Crippen molar-refractivity contribution >= 4 is 23.3 Å². The van der Waals surface area contributed by atoms with Crippen LogP contribution in [0.1, 0.15) is 25.1 Å². The average molecular weight is 363 g/mol. The van der Waals surface area contributed by atoms with Crippen LogP contribution in [0.3, 0.4) is 0 Å². The first kappa shape index (κ1) is 19.2. The first-order valence-electron chi connectivity index (χ1n) is 8.42. The fraction of sp³-hybridized carbons (Fsp3) is 0.444. The summed E-state index contributed by atoms with van der Waals surface area (Å²) in [5.41, 5.74) is 1.11. The van der Waals surface area contributed by atoms with Gasteiger partial charge in [0, 0.05) is 30.2 Å². The number of carbonyl (C=O) groups is 2. The van der Waals surface area contributed by atoms with Crippen LogP contribution in [0, 0.1) is 0 Å². The van der Waals surface area contributed by atoms with Crippen molar-refractivity contribution in [3.63, 3.8) is 0 Å². The molecule has 1 aliphatic rings. The van der Waals surface area contributed by atoms with Crippen LogP contribution < -0.4 is 10.6 Å². The first-order chi connectivity index (χ1) is 12.1. The number of carbonyl (C=O) groups excluding carboxylic acids is 2. The molecule has 7 heteroatoms. The van der Waals surface area contributed by atoms with E-state index in [-0.39, 0.29) is 18.0 Å². The van der Waals surface area contributed by atoms with Crippen molar-refractivity contribution in [3.05, 3.63) is 46.3 Å². The number of ether oxygens (including phenoxy) is 1. The maximum atomic E-state index is 12.4. The van der Waals surface area contributed by atoms with Gasteiger partial charge in [0.25, 0.3) is 0 Å². The predicted octanol–water partition coefficient (Wildman–Crippen LogP) is 2.64. The highest BCUT2D eigenvalue weighted by atomic mass is 32.1. The molecule has 1 aromatic rings. The lowest BCUT2D eigenvalue weighted by atomic mass is 10.00. The average Bonchev–Trinajstić information content (AvgIpc) is 3.07. The third-order valence-corrected chi connectivity index (χ3v) is 4.74. The van der Waals surface area contributed by atoms with E-state index in [4.69, 9.17) is 4.74 Å². The van der Waals surface area contributed by atoms with Gasteiger partial charge < -0.3 is 15.4 Å². The lowest BCUT2D eigenvalue weighted by molar-refractivity contribution is -0.139. The molecule has 0 bridgehead atoms. The molecule has 6 nitrogen and oxygen atoms in total. The van der Waals surface area contributed by atoms with Crippen LogP contribution in [0.15, 0.2) is 41.4 Å². The number of amides is 2. The van der Waals surface area contributed by atoms with Crippen LogP contribution in [0.4, 0.5) is 4.79 Å². The molecule has 0 aromatic carbocycles. The Kier molecular flexibility index (Phi) is 7.21. The molecular formula is C18H25N3O3S. The van der Waals surface area contributed by atoms with E-state index in [0.717, 1.165) is 6.54 Å². The van der Waals surface area contributed by atoms with Crippen molar-refractivity contribution in [1.82, 2.24) is 15.5 Å². The van der Waals surface area contributed by atoms with Crippen molar-refractivity contribution in [1.29, 1.82) is 0 Å². The van der Waals surface area contributed by atoms with Gasteiger partial charge >= 0.3 is 12.0 Å². The number of thiophene rings is 1. The van der Waals surface area contributed by atoms with Gasteiger partial charge in [0.05, 0.1) is 18.2 Å². The monoisotopic (exact) mass is 363 g/mol. The molecule has 0 spiro atoms. The van der Waals surface area contributed by atoms with Gasteiger partial charge in [-0.3, -0.25) is 4.90 Å². The standard InChI is InChI=1S/C18H25N3O3S/c1-4-9-21(11-13-8-7-10-25-13)12-15-16(17(22)24-6-3)14(5-2)19-18(23)20-15/h4,7-8,10,14H,1,5-6,9,11-12H2,2-3H3,(H2,19,20,23)/t14-/m1/s1. The zero-order chi connectivity index (χ0) is 18.2. The van der Waals surface area contributed by atoms with E-state index in [0.29, 0.717) is 37.4 Å². The number of urea groups is 1. The smallest absolute Gasteiger partial charge is 0.337 e. The fourth-order valence-corrected chi connectivity index (χ4v) is 3.55. The van der Waals surface area contributed by atoms with Gasteiger partial charge in [-0.2, -0.15) is 0 Å². The summed E-state index contributed by atoms with van der Waals surface area (Å²) in [5, 5.41) is 7.62. The quantitative estimate of drug-likeness (QED) is 0.523. The van der Waals surface area contributed by atoms with Gasteiger partial charge in [0.15, 0.2) is 0 Å². The molecule has 2 rings (SSSR count). The van der Waals surface area contributed by atoms with Gasteiger partial charge in [0.2, 0.25) is 0 Å². The molecule has 2 N–H and O–H groups in total. The van der Waals surface area contributed by atoms with Gasteiger partial charge in [-0.1, -0.05) is 19.1 Å². The Morgan fingerprint density at radius 3 is 2.84 bits per heavy atom. The third kappa shape index (κ3) is 5.17. The lowest BCUT2D eigenvalue weighted by Crippen LogP contribution is -2.52. The van der Waals surface area contributed by atoms with Crippen LogP contribution in [0.25, 0.3) is 0 Å². The highest BCUT2D eigenvalue weighted by Gasteiger charge is 2.32. The SMILES string of the molecule is C=CCN(CC1=C(C(=O)OCC)[C@@H](CC)NC(=O)N1)Cc1cccs1. The van der Waals surface area contributed by atoms with Crippen LogP contribution in [0.5, 0.6) is 0 Å². The molecule has 1 aromatic heterocycles. The summed E-state index contributed by atoms with van der Waals surface area (Å²) < 4.78 is 5.20. The van der Waals surface area contributed by atoms with Gasteiger partial charge in [0.1, 0.15) is 0 Å². The van der Waals surface area contributed by atoms with Crippen molar-refractivity contribution < 1.29 is 14.3 Å². The lowest BCUT2D eigenvalue weighted by Gasteiger charge is -2.31. The summed E-state index contributed by atoms with van der Waals surface area (Å²) in [6, 6.07) is 3.45. The molecule has 0 unspecified atom stereocenters. The second kappa shape index (κ2) is 9.39. The predicted molar refractivity (Wildman–Crippen MR) is 99.2 cm³/mol. The Bertz CT molecular complexity index is 640. The molecule has 2 heterocycles. The number of hydrogen-bond acceptors (Lipinski definition) is 5. The minimum absolute atomic E-state index is 0.287. The maximum Gasteiger partial charge on any atom is 0.337 e. The number of esters is 1. The minimum Gasteiger partial charge on any atom is -0.463 e. The van der Waals surface area contributed by atoms with Crippen molar-refractivity contribution in [2.75, 3.05) is 19.7 Å². The Hall–Kier alpha value is -2.12. The summed E-state index contributed by atoms with van der Waals surface area (Å²) in [6.07, 6.45) is 2.44. The van der Waals surface area contributed by atoms with Gasteiger partial charge in [-0.25, -0.2) is 9.59 Å². The number of hydrogen-bond donors (Lipinski definition) is 2. The molecule has 0 fully saturated rings. The van der Waals surface area contributed by atoms with Crippen molar-refractivity contribution in [2.24, 2.45) is 0 Å². The summed E-state index contributed by atoms with van der Waals surface area (Å²) in [5.74, 6) is -0.383. The van der Waals surface area contributed by atoms with E-state index < -0.39 is 0 Å². The van der Waals surface area contributed by atoms with Crippen molar-refractivity contribution in [2.45, 2.75) is 32.9 Å².